The van der Waals surface area contributed by atoms with E-state index in [-0.39, 0.29) is 5.91 Å². The fraction of sp³-hybridized carbons (Fsp3) is 0.167. The number of carbonyl (C=O) groups is 1. The molecule has 3 rings (SSSR count). The normalized spacial score (nSPS) is 10.6. The summed E-state index contributed by atoms with van der Waals surface area (Å²) in [6.45, 7) is 3.92. The van der Waals surface area contributed by atoms with Crippen molar-refractivity contribution in [2.24, 2.45) is 0 Å². The molecule has 0 fully saturated rings. The lowest BCUT2D eigenvalue weighted by Crippen LogP contribution is -2.26. The molecule has 0 radical (unpaired) electrons. The number of hydrogen-bond donors (Lipinski definition) is 0. The molecule has 0 bridgehead atoms. The summed E-state index contributed by atoms with van der Waals surface area (Å²) in [5, 5.41) is 0.500. The molecule has 23 heavy (non-hydrogen) atoms. The maximum absolute atomic E-state index is 12.8. The number of benzene rings is 1. The summed E-state index contributed by atoms with van der Waals surface area (Å²) in [5.41, 5.74) is 3.86. The van der Waals surface area contributed by atoms with E-state index in [2.05, 4.69) is 9.97 Å². The van der Waals surface area contributed by atoms with Crippen LogP contribution in [0.1, 0.15) is 21.1 Å². The Kier molecular flexibility index (Phi) is 4.21. The molecule has 1 amide bonds. The number of hydrogen-bond acceptors (Lipinski definition) is 4. The van der Waals surface area contributed by atoms with Crippen molar-refractivity contribution < 1.29 is 4.79 Å². The van der Waals surface area contributed by atoms with Crippen molar-refractivity contribution >= 4 is 22.9 Å². The highest BCUT2D eigenvalue weighted by Gasteiger charge is 2.20. The van der Waals surface area contributed by atoms with Crippen molar-refractivity contribution in [1.82, 2.24) is 9.97 Å². The molecule has 1 aromatic carbocycles. The molecule has 0 spiro atoms. The highest BCUT2D eigenvalue weighted by atomic mass is 32.1. The van der Waals surface area contributed by atoms with Crippen LogP contribution < -0.4 is 4.90 Å². The van der Waals surface area contributed by atoms with Gasteiger partial charge in [0.2, 0.25) is 0 Å². The standard InChI is InChI=1S/C18H17N3OS/c1-12-6-4-5-7-15(12)21(3)18(22)17-20-13(2)16(23-17)14-8-10-19-11-9-14/h4-11H,1-3H3. The van der Waals surface area contributed by atoms with Gasteiger partial charge in [0.1, 0.15) is 0 Å². The molecule has 0 saturated carbocycles. The molecule has 0 aliphatic carbocycles. The Balaban J connectivity index is 1.94. The van der Waals surface area contributed by atoms with Gasteiger partial charge in [0.15, 0.2) is 5.01 Å². The van der Waals surface area contributed by atoms with E-state index in [1.165, 1.54) is 11.3 Å². The van der Waals surface area contributed by atoms with Gasteiger partial charge in [-0.15, -0.1) is 11.3 Å². The monoisotopic (exact) mass is 323 g/mol. The van der Waals surface area contributed by atoms with Crippen LogP contribution in [0.4, 0.5) is 5.69 Å². The van der Waals surface area contributed by atoms with Crippen molar-refractivity contribution in [3.63, 3.8) is 0 Å². The number of carbonyl (C=O) groups excluding carboxylic acids is 1. The second-order valence-corrected chi connectivity index (χ2v) is 6.32. The van der Waals surface area contributed by atoms with E-state index in [9.17, 15) is 4.79 Å². The third-order valence-electron chi connectivity index (χ3n) is 3.70. The maximum atomic E-state index is 12.8. The molecule has 2 heterocycles. The number of thiazole rings is 1. The first-order valence-electron chi connectivity index (χ1n) is 7.29. The van der Waals surface area contributed by atoms with Crippen LogP contribution in [-0.2, 0) is 0 Å². The van der Waals surface area contributed by atoms with Crippen molar-refractivity contribution in [3.05, 3.63) is 65.1 Å². The van der Waals surface area contributed by atoms with Gasteiger partial charge in [-0.2, -0.15) is 0 Å². The first-order valence-corrected chi connectivity index (χ1v) is 8.11. The van der Waals surface area contributed by atoms with E-state index in [1.807, 2.05) is 50.2 Å². The quantitative estimate of drug-likeness (QED) is 0.729. The van der Waals surface area contributed by atoms with E-state index >= 15 is 0 Å². The molecule has 4 nitrogen and oxygen atoms in total. The summed E-state index contributed by atoms with van der Waals surface area (Å²) < 4.78 is 0. The summed E-state index contributed by atoms with van der Waals surface area (Å²) in [7, 11) is 1.79. The molecule has 0 aliphatic rings. The number of anilines is 1. The Hall–Kier alpha value is -2.53. The van der Waals surface area contributed by atoms with E-state index in [0.29, 0.717) is 5.01 Å². The molecule has 0 saturated heterocycles. The van der Waals surface area contributed by atoms with Gasteiger partial charge in [0.05, 0.1) is 10.6 Å². The lowest BCUT2D eigenvalue weighted by Gasteiger charge is -2.18. The first-order chi connectivity index (χ1) is 11.1. The minimum Gasteiger partial charge on any atom is -0.309 e. The summed E-state index contributed by atoms with van der Waals surface area (Å²) >= 11 is 1.42. The minimum absolute atomic E-state index is 0.0901. The summed E-state index contributed by atoms with van der Waals surface area (Å²) in [5.74, 6) is -0.0901. The Morgan fingerprint density at radius 1 is 1.09 bits per heavy atom. The topological polar surface area (TPSA) is 46.1 Å². The van der Waals surface area contributed by atoms with Crippen LogP contribution >= 0.6 is 11.3 Å². The van der Waals surface area contributed by atoms with Crippen molar-refractivity contribution in [1.29, 1.82) is 0 Å². The van der Waals surface area contributed by atoms with Gasteiger partial charge in [0, 0.05) is 25.1 Å². The average Bonchev–Trinajstić information content (AvgIpc) is 2.96. The van der Waals surface area contributed by atoms with Crippen molar-refractivity contribution in [2.75, 3.05) is 11.9 Å². The molecule has 0 unspecified atom stereocenters. The van der Waals surface area contributed by atoms with Gasteiger partial charge >= 0.3 is 0 Å². The van der Waals surface area contributed by atoms with Crippen LogP contribution in [0.5, 0.6) is 0 Å². The van der Waals surface area contributed by atoms with Crippen LogP contribution in [0.25, 0.3) is 10.4 Å². The number of aromatic nitrogens is 2. The van der Waals surface area contributed by atoms with E-state index in [0.717, 1.165) is 27.4 Å². The Bertz CT molecular complexity index is 842. The lowest BCUT2D eigenvalue weighted by atomic mass is 10.2. The van der Waals surface area contributed by atoms with Crippen LogP contribution in [0, 0.1) is 13.8 Å². The Labute approximate surface area is 139 Å². The number of aryl methyl sites for hydroxylation is 2. The fourth-order valence-electron chi connectivity index (χ4n) is 2.45. The molecule has 0 aliphatic heterocycles. The Morgan fingerprint density at radius 2 is 1.78 bits per heavy atom. The van der Waals surface area contributed by atoms with Crippen LogP contribution in [0.3, 0.4) is 0 Å². The van der Waals surface area contributed by atoms with E-state index in [4.69, 9.17) is 0 Å². The highest BCUT2D eigenvalue weighted by Crippen LogP contribution is 2.31. The molecule has 2 aromatic heterocycles. The van der Waals surface area contributed by atoms with Crippen LogP contribution in [-0.4, -0.2) is 22.9 Å². The third-order valence-corrected chi connectivity index (χ3v) is 4.90. The first kappa shape index (κ1) is 15.4. The Morgan fingerprint density at radius 3 is 2.48 bits per heavy atom. The van der Waals surface area contributed by atoms with Gasteiger partial charge in [-0.25, -0.2) is 4.98 Å². The molecular formula is C18H17N3OS. The van der Waals surface area contributed by atoms with E-state index < -0.39 is 0 Å². The van der Waals surface area contributed by atoms with Gasteiger partial charge in [0.25, 0.3) is 5.91 Å². The largest absolute Gasteiger partial charge is 0.309 e. The number of rotatable bonds is 3. The molecule has 3 aromatic rings. The predicted molar refractivity (Wildman–Crippen MR) is 94.0 cm³/mol. The van der Waals surface area contributed by atoms with Gasteiger partial charge in [-0.05, 0) is 43.2 Å². The average molecular weight is 323 g/mol. The van der Waals surface area contributed by atoms with Gasteiger partial charge < -0.3 is 4.90 Å². The zero-order valence-corrected chi connectivity index (χ0v) is 14.1. The highest BCUT2D eigenvalue weighted by molar-refractivity contribution is 7.17. The lowest BCUT2D eigenvalue weighted by molar-refractivity contribution is 0.0992. The molecule has 0 atom stereocenters. The van der Waals surface area contributed by atoms with E-state index in [1.54, 1.807) is 24.3 Å². The third kappa shape index (κ3) is 3.00. The van der Waals surface area contributed by atoms with Gasteiger partial charge in [-0.3, -0.25) is 9.78 Å². The van der Waals surface area contributed by atoms with Crippen molar-refractivity contribution in [2.45, 2.75) is 13.8 Å². The summed E-state index contributed by atoms with van der Waals surface area (Å²) in [4.78, 5) is 23.9. The zero-order chi connectivity index (χ0) is 16.4. The fourth-order valence-corrected chi connectivity index (χ4v) is 3.50. The second kappa shape index (κ2) is 6.30. The summed E-state index contributed by atoms with van der Waals surface area (Å²) in [6.07, 6.45) is 3.49. The molecule has 0 N–H and O–H groups in total. The second-order valence-electron chi connectivity index (χ2n) is 5.32. The van der Waals surface area contributed by atoms with Crippen LogP contribution in [0.15, 0.2) is 48.8 Å². The van der Waals surface area contributed by atoms with Gasteiger partial charge in [-0.1, -0.05) is 18.2 Å². The molecular weight excluding hydrogens is 306 g/mol. The SMILES string of the molecule is Cc1ccccc1N(C)C(=O)c1nc(C)c(-c2ccncc2)s1. The van der Waals surface area contributed by atoms with Crippen LogP contribution in [0.2, 0.25) is 0 Å². The van der Waals surface area contributed by atoms with Crippen molar-refractivity contribution in [3.8, 4) is 10.4 Å². The minimum atomic E-state index is -0.0901. The predicted octanol–water partition coefficient (Wildman–Crippen LogP) is 4.10. The number of nitrogens with zero attached hydrogens (tertiary/aromatic N) is 3. The zero-order valence-electron chi connectivity index (χ0n) is 13.3. The molecule has 116 valence electrons. The number of pyridine rings is 1. The summed E-state index contributed by atoms with van der Waals surface area (Å²) in [6, 6.07) is 11.7. The maximum Gasteiger partial charge on any atom is 0.287 e. The number of amides is 1. The molecule has 5 heteroatoms. The smallest absolute Gasteiger partial charge is 0.287 e. The number of para-hydroxylation sites is 1.